The number of carbonyl (C=O) groups is 1. The third kappa shape index (κ3) is 5.33. The molecule has 6 rings (SSSR count). The molecule has 7 nitrogen and oxygen atoms in total. The van der Waals surface area contributed by atoms with E-state index in [0.29, 0.717) is 12.1 Å². The fourth-order valence-corrected chi connectivity index (χ4v) is 5.18. The minimum absolute atomic E-state index is 0.0721. The second-order valence-electron chi connectivity index (χ2n) is 9.84. The minimum Gasteiger partial charge on any atom is -0.344 e. The molecule has 7 heteroatoms. The number of fused-ring (bicyclic) bond motifs is 1. The first kappa shape index (κ1) is 24.0. The lowest BCUT2D eigenvalue weighted by Crippen LogP contribution is -2.37. The predicted molar refractivity (Wildman–Crippen MR) is 149 cm³/mol. The maximum absolute atomic E-state index is 13.6. The van der Waals surface area contributed by atoms with Gasteiger partial charge in [-0.25, -0.2) is 4.68 Å². The van der Waals surface area contributed by atoms with E-state index in [-0.39, 0.29) is 11.9 Å². The number of carbonyl (C=O) groups excluding carboxylic acids is 1. The summed E-state index contributed by atoms with van der Waals surface area (Å²) in [5.74, 6) is -0.0721. The molecule has 5 aromatic rings. The molecule has 1 saturated heterocycles. The minimum atomic E-state index is -0.0732. The monoisotopic (exact) mass is 502 g/mol. The lowest BCUT2D eigenvalue weighted by Gasteiger charge is -2.25. The van der Waals surface area contributed by atoms with Gasteiger partial charge in [-0.05, 0) is 60.6 Å². The molecule has 0 spiro atoms. The van der Waals surface area contributed by atoms with Crippen LogP contribution in [0, 0.1) is 0 Å². The summed E-state index contributed by atoms with van der Waals surface area (Å²) in [6.07, 6.45) is 8.00. The number of benzene rings is 3. The van der Waals surface area contributed by atoms with Gasteiger partial charge >= 0.3 is 0 Å². The third-order valence-corrected chi connectivity index (χ3v) is 7.22. The SMILES string of the molecule is O=C(NC(CN1CCCC1)c1ccccc1)c1ccccc1Cn1cc(-c2ccc3cnccc3c2)nn1. The summed E-state index contributed by atoms with van der Waals surface area (Å²) in [4.78, 5) is 20.2. The van der Waals surface area contributed by atoms with E-state index in [9.17, 15) is 4.79 Å². The number of hydrogen-bond acceptors (Lipinski definition) is 5. The lowest BCUT2D eigenvalue weighted by atomic mass is 10.0. The molecular weight excluding hydrogens is 472 g/mol. The van der Waals surface area contributed by atoms with Crippen molar-refractivity contribution >= 4 is 16.7 Å². The van der Waals surface area contributed by atoms with E-state index >= 15 is 0 Å². The van der Waals surface area contributed by atoms with Crippen molar-refractivity contribution in [1.82, 2.24) is 30.2 Å². The number of rotatable bonds is 8. The van der Waals surface area contributed by atoms with Gasteiger partial charge < -0.3 is 10.2 Å². The van der Waals surface area contributed by atoms with Crippen LogP contribution in [0.3, 0.4) is 0 Å². The average molecular weight is 503 g/mol. The van der Waals surface area contributed by atoms with Crippen LogP contribution in [-0.2, 0) is 6.54 Å². The van der Waals surface area contributed by atoms with Gasteiger partial charge in [0, 0.05) is 35.5 Å². The van der Waals surface area contributed by atoms with Crippen LogP contribution in [0.4, 0.5) is 0 Å². The van der Waals surface area contributed by atoms with Crippen molar-refractivity contribution in [2.75, 3.05) is 19.6 Å². The molecule has 3 heterocycles. The number of aromatic nitrogens is 4. The van der Waals surface area contributed by atoms with Gasteiger partial charge in [-0.2, -0.15) is 0 Å². The Balaban J connectivity index is 1.21. The van der Waals surface area contributed by atoms with E-state index in [4.69, 9.17) is 0 Å². The highest BCUT2D eigenvalue weighted by Gasteiger charge is 2.22. The van der Waals surface area contributed by atoms with Crippen molar-refractivity contribution < 1.29 is 4.79 Å². The van der Waals surface area contributed by atoms with Crippen LogP contribution < -0.4 is 5.32 Å². The van der Waals surface area contributed by atoms with Gasteiger partial charge in [0.15, 0.2) is 0 Å². The third-order valence-electron chi connectivity index (χ3n) is 7.22. The van der Waals surface area contributed by atoms with Crippen molar-refractivity contribution in [2.24, 2.45) is 0 Å². The molecule has 190 valence electrons. The Morgan fingerprint density at radius 1 is 0.921 bits per heavy atom. The molecule has 38 heavy (non-hydrogen) atoms. The number of nitrogens with one attached hydrogen (secondary N) is 1. The fourth-order valence-electron chi connectivity index (χ4n) is 5.18. The Labute approximate surface area is 222 Å². The first-order valence-electron chi connectivity index (χ1n) is 13.1. The van der Waals surface area contributed by atoms with Crippen LogP contribution in [0.1, 0.15) is 40.4 Å². The molecule has 2 aromatic heterocycles. The summed E-state index contributed by atoms with van der Waals surface area (Å²) < 4.78 is 1.79. The molecule has 1 atom stereocenters. The fraction of sp³-hybridized carbons (Fsp3) is 0.226. The second kappa shape index (κ2) is 10.9. The standard InChI is InChI=1S/C31H30N6O/c38-31(33-29(21-36-16-6-7-17-36)23-8-2-1-3-9-23)28-11-5-4-10-27(28)20-37-22-30(34-35-37)25-12-13-26-19-32-15-14-24(26)18-25/h1-5,8-15,18-19,22,29H,6-7,16-17,20-21H2,(H,33,38). The highest BCUT2D eigenvalue weighted by atomic mass is 16.1. The molecule has 1 fully saturated rings. The van der Waals surface area contributed by atoms with E-state index in [1.807, 2.05) is 73.1 Å². The summed E-state index contributed by atoms with van der Waals surface area (Å²) >= 11 is 0. The molecule has 0 bridgehead atoms. The van der Waals surface area contributed by atoms with Crippen molar-refractivity contribution in [2.45, 2.75) is 25.4 Å². The Bertz CT molecular complexity index is 1540. The van der Waals surface area contributed by atoms with Gasteiger partial charge in [-0.1, -0.05) is 65.9 Å². The van der Waals surface area contributed by atoms with Crippen molar-refractivity contribution in [3.63, 3.8) is 0 Å². The van der Waals surface area contributed by atoms with Gasteiger partial charge in [0.05, 0.1) is 18.8 Å². The molecule has 1 unspecified atom stereocenters. The number of amides is 1. The normalized spacial score (nSPS) is 14.5. The van der Waals surface area contributed by atoms with Crippen LogP contribution in [0.25, 0.3) is 22.0 Å². The smallest absolute Gasteiger partial charge is 0.252 e. The zero-order valence-electron chi connectivity index (χ0n) is 21.2. The quantitative estimate of drug-likeness (QED) is 0.319. The summed E-state index contributed by atoms with van der Waals surface area (Å²) in [6.45, 7) is 3.43. The Kier molecular flexibility index (Phi) is 6.91. The van der Waals surface area contributed by atoms with E-state index in [0.717, 1.165) is 52.8 Å². The van der Waals surface area contributed by atoms with E-state index < -0.39 is 0 Å². The van der Waals surface area contributed by atoms with Crippen LogP contribution in [0.5, 0.6) is 0 Å². The van der Waals surface area contributed by atoms with Gasteiger partial charge in [0.1, 0.15) is 5.69 Å². The summed E-state index contributed by atoms with van der Waals surface area (Å²) in [5.41, 5.74) is 4.47. The molecule has 0 saturated carbocycles. The summed E-state index contributed by atoms with van der Waals surface area (Å²) in [6, 6.07) is 26.1. The average Bonchev–Trinajstić information content (AvgIpc) is 3.66. The molecule has 1 N–H and O–H groups in total. The van der Waals surface area contributed by atoms with E-state index in [1.165, 1.54) is 12.8 Å². The van der Waals surface area contributed by atoms with Crippen LogP contribution in [0.2, 0.25) is 0 Å². The first-order valence-corrected chi connectivity index (χ1v) is 13.1. The van der Waals surface area contributed by atoms with Gasteiger partial charge in [0.2, 0.25) is 0 Å². The molecular formula is C31H30N6O. The number of hydrogen-bond donors (Lipinski definition) is 1. The van der Waals surface area contributed by atoms with Gasteiger partial charge in [-0.15, -0.1) is 5.10 Å². The first-order chi connectivity index (χ1) is 18.7. The van der Waals surface area contributed by atoms with Crippen molar-refractivity contribution in [1.29, 1.82) is 0 Å². The number of pyridine rings is 1. The lowest BCUT2D eigenvalue weighted by molar-refractivity contribution is 0.0926. The topological polar surface area (TPSA) is 75.9 Å². The summed E-state index contributed by atoms with van der Waals surface area (Å²) in [7, 11) is 0. The Hall–Kier alpha value is -4.36. The molecule has 1 amide bonds. The van der Waals surface area contributed by atoms with Crippen LogP contribution >= 0.6 is 0 Å². The number of likely N-dealkylation sites (tertiary alicyclic amines) is 1. The van der Waals surface area contributed by atoms with E-state index in [2.05, 4.69) is 43.7 Å². The zero-order valence-corrected chi connectivity index (χ0v) is 21.2. The molecule has 0 aliphatic carbocycles. The highest BCUT2D eigenvalue weighted by molar-refractivity contribution is 5.96. The van der Waals surface area contributed by atoms with Crippen LogP contribution in [-0.4, -0.2) is 50.4 Å². The Morgan fingerprint density at radius 3 is 2.61 bits per heavy atom. The maximum Gasteiger partial charge on any atom is 0.252 e. The van der Waals surface area contributed by atoms with Crippen molar-refractivity contribution in [3.05, 3.63) is 114 Å². The van der Waals surface area contributed by atoms with Gasteiger partial charge in [-0.3, -0.25) is 9.78 Å². The second-order valence-corrected chi connectivity index (χ2v) is 9.84. The highest BCUT2D eigenvalue weighted by Crippen LogP contribution is 2.23. The molecule has 3 aromatic carbocycles. The van der Waals surface area contributed by atoms with E-state index in [1.54, 1.807) is 10.9 Å². The Morgan fingerprint density at radius 2 is 1.74 bits per heavy atom. The summed E-state index contributed by atoms with van der Waals surface area (Å²) in [5, 5.41) is 14.3. The predicted octanol–water partition coefficient (Wildman–Crippen LogP) is 5.11. The molecule has 1 aliphatic rings. The molecule has 0 radical (unpaired) electrons. The van der Waals surface area contributed by atoms with Crippen LogP contribution in [0.15, 0.2) is 97.5 Å². The van der Waals surface area contributed by atoms with Gasteiger partial charge in [0.25, 0.3) is 5.91 Å². The van der Waals surface area contributed by atoms with Crippen molar-refractivity contribution in [3.8, 4) is 11.3 Å². The maximum atomic E-state index is 13.6. The number of nitrogens with zero attached hydrogens (tertiary/aromatic N) is 5. The zero-order chi connectivity index (χ0) is 25.7. The largest absolute Gasteiger partial charge is 0.344 e. The molecule has 1 aliphatic heterocycles.